The molecule has 5 rings (SSSR count). The van der Waals surface area contributed by atoms with Crippen molar-refractivity contribution < 1.29 is 4.79 Å². The molecule has 1 aliphatic carbocycles. The summed E-state index contributed by atoms with van der Waals surface area (Å²) in [7, 11) is 0. The Kier molecular flexibility index (Phi) is 5.26. The minimum Gasteiger partial charge on any atom is -0.321 e. The maximum Gasteiger partial charge on any atom is 0.258 e. The fourth-order valence-electron chi connectivity index (χ4n) is 3.99. The zero-order valence-electron chi connectivity index (χ0n) is 17.2. The standard InChI is InChI=1S/C25H24N4OS/c26-25(13-5-14-25)20-11-9-17(10-12-20)21-22(18-6-2-1-3-7-18)31-24(28-21)29-23(30)19-8-4-15-27-16-19/h1-3,6-12,16H,4-5,13-15,26H2,(H,28,29,30). The number of anilines is 1. The summed E-state index contributed by atoms with van der Waals surface area (Å²) in [6.45, 7) is 0.733. The molecule has 31 heavy (non-hydrogen) atoms. The van der Waals surface area contributed by atoms with Crippen LogP contribution in [0.5, 0.6) is 0 Å². The van der Waals surface area contributed by atoms with Gasteiger partial charge in [0.1, 0.15) is 0 Å². The number of benzene rings is 2. The van der Waals surface area contributed by atoms with Crippen LogP contribution in [0, 0.1) is 0 Å². The molecule has 0 radical (unpaired) electrons. The predicted octanol–water partition coefficient (Wildman–Crippen LogP) is 5.15. The molecular formula is C25H24N4OS. The van der Waals surface area contributed by atoms with E-state index in [0.717, 1.165) is 47.5 Å². The Balaban J connectivity index is 1.49. The Morgan fingerprint density at radius 1 is 1.03 bits per heavy atom. The molecule has 6 heteroatoms. The van der Waals surface area contributed by atoms with Crippen molar-refractivity contribution in [1.82, 2.24) is 4.98 Å². The summed E-state index contributed by atoms with van der Waals surface area (Å²) < 4.78 is 0. The van der Waals surface area contributed by atoms with Gasteiger partial charge in [-0.05, 0) is 36.8 Å². The molecule has 1 amide bonds. The van der Waals surface area contributed by atoms with Crippen molar-refractivity contribution in [2.45, 2.75) is 31.2 Å². The van der Waals surface area contributed by atoms with E-state index in [1.807, 2.05) is 24.3 Å². The lowest BCUT2D eigenvalue weighted by atomic mass is 9.72. The molecule has 0 atom stereocenters. The third-order valence-electron chi connectivity index (χ3n) is 5.98. The van der Waals surface area contributed by atoms with Crippen molar-refractivity contribution in [1.29, 1.82) is 0 Å². The number of amides is 1. The number of hydrogen-bond donors (Lipinski definition) is 2. The molecule has 1 aliphatic heterocycles. The number of aromatic nitrogens is 1. The summed E-state index contributed by atoms with van der Waals surface area (Å²) in [4.78, 5) is 22.7. The minimum atomic E-state index is -0.183. The van der Waals surface area contributed by atoms with E-state index in [-0.39, 0.29) is 11.4 Å². The second kappa shape index (κ2) is 8.21. The van der Waals surface area contributed by atoms with E-state index in [1.54, 1.807) is 6.21 Å². The molecule has 2 aromatic carbocycles. The van der Waals surface area contributed by atoms with E-state index in [1.165, 1.54) is 23.3 Å². The summed E-state index contributed by atoms with van der Waals surface area (Å²) in [6.07, 6.45) is 7.59. The number of thiazole rings is 1. The molecule has 1 aromatic heterocycles. The van der Waals surface area contributed by atoms with Crippen LogP contribution < -0.4 is 11.1 Å². The summed E-state index contributed by atoms with van der Waals surface area (Å²) in [6, 6.07) is 18.6. The number of carbonyl (C=O) groups is 1. The van der Waals surface area contributed by atoms with Crippen LogP contribution in [-0.4, -0.2) is 23.7 Å². The van der Waals surface area contributed by atoms with Crippen molar-refractivity contribution >= 4 is 28.6 Å². The van der Waals surface area contributed by atoms with Crippen LogP contribution in [0.4, 0.5) is 5.13 Å². The van der Waals surface area contributed by atoms with Gasteiger partial charge in [0.2, 0.25) is 0 Å². The molecule has 2 aliphatic rings. The predicted molar refractivity (Wildman–Crippen MR) is 127 cm³/mol. The second-order valence-electron chi connectivity index (χ2n) is 8.09. The highest BCUT2D eigenvalue weighted by molar-refractivity contribution is 7.19. The van der Waals surface area contributed by atoms with Crippen molar-refractivity contribution in [3.63, 3.8) is 0 Å². The van der Waals surface area contributed by atoms with E-state index in [9.17, 15) is 4.79 Å². The normalized spacial score (nSPS) is 17.0. The molecular weight excluding hydrogens is 404 g/mol. The maximum atomic E-state index is 12.6. The number of dihydropyridines is 1. The number of nitrogens with zero attached hydrogens (tertiary/aromatic N) is 2. The lowest BCUT2D eigenvalue weighted by molar-refractivity contribution is -0.112. The molecule has 0 spiro atoms. The van der Waals surface area contributed by atoms with E-state index >= 15 is 0 Å². The highest BCUT2D eigenvalue weighted by atomic mass is 32.1. The molecule has 0 bridgehead atoms. The van der Waals surface area contributed by atoms with E-state index in [4.69, 9.17) is 10.7 Å². The Morgan fingerprint density at radius 3 is 2.45 bits per heavy atom. The van der Waals surface area contributed by atoms with Crippen molar-refractivity contribution in [2.75, 3.05) is 11.9 Å². The van der Waals surface area contributed by atoms with Gasteiger partial charge in [0, 0.05) is 23.9 Å². The van der Waals surface area contributed by atoms with Gasteiger partial charge in [0.25, 0.3) is 5.91 Å². The largest absolute Gasteiger partial charge is 0.321 e. The van der Waals surface area contributed by atoms with Crippen LogP contribution in [0.1, 0.15) is 31.2 Å². The highest BCUT2D eigenvalue weighted by Crippen LogP contribution is 2.42. The lowest BCUT2D eigenvalue weighted by Crippen LogP contribution is -2.43. The molecule has 0 saturated heterocycles. The topological polar surface area (TPSA) is 80.4 Å². The monoisotopic (exact) mass is 428 g/mol. The van der Waals surface area contributed by atoms with Gasteiger partial charge >= 0.3 is 0 Å². The van der Waals surface area contributed by atoms with Gasteiger partial charge in [0.05, 0.1) is 16.1 Å². The number of nitrogens with one attached hydrogen (secondary N) is 1. The Bertz CT molecular complexity index is 1160. The third kappa shape index (κ3) is 3.96. The Hall–Kier alpha value is -3.09. The Morgan fingerprint density at radius 2 is 1.81 bits per heavy atom. The molecule has 2 heterocycles. The van der Waals surface area contributed by atoms with Gasteiger partial charge in [-0.3, -0.25) is 15.1 Å². The zero-order valence-corrected chi connectivity index (χ0v) is 18.0. The molecule has 0 unspecified atom stereocenters. The average Bonchev–Trinajstić information content (AvgIpc) is 3.22. The highest BCUT2D eigenvalue weighted by Gasteiger charge is 2.34. The zero-order chi connectivity index (χ0) is 21.3. The SMILES string of the molecule is NC1(c2ccc(-c3nc(NC(=O)C4=CCCN=C4)sc3-c3ccccc3)cc2)CCC1. The lowest BCUT2D eigenvalue weighted by Gasteiger charge is -2.38. The summed E-state index contributed by atoms with van der Waals surface area (Å²) in [5.41, 5.74) is 11.0. The Labute approximate surface area is 185 Å². The number of carbonyl (C=O) groups excluding carboxylic acids is 1. The first-order valence-electron chi connectivity index (χ1n) is 10.6. The van der Waals surface area contributed by atoms with Crippen LogP contribution in [-0.2, 0) is 10.3 Å². The molecule has 3 aromatic rings. The van der Waals surface area contributed by atoms with E-state index in [2.05, 4.69) is 46.7 Å². The van der Waals surface area contributed by atoms with Crippen LogP contribution in [0.2, 0.25) is 0 Å². The van der Waals surface area contributed by atoms with Gasteiger partial charge < -0.3 is 5.73 Å². The fourth-order valence-corrected chi connectivity index (χ4v) is 4.98. The van der Waals surface area contributed by atoms with Crippen LogP contribution in [0.25, 0.3) is 21.7 Å². The quantitative estimate of drug-likeness (QED) is 0.589. The summed E-state index contributed by atoms with van der Waals surface area (Å²) >= 11 is 1.49. The van der Waals surface area contributed by atoms with Crippen LogP contribution in [0.3, 0.4) is 0 Å². The number of nitrogens with two attached hydrogens (primary N) is 1. The molecule has 3 N–H and O–H groups in total. The third-order valence-corrected chi connectivity index (χ3v) is 7.00. The van der Waals surface area contributed by atoms with Gasteiger partial charge in [0.15, 0.2) is 5.13 Å². The van der Waals surface area contributed by atoms with Gasteiger partial charge in [-0.15, -0.1) is 0 Å². The molecule has 1 fully saturated rings. The molecule has 5 nitrogen and oxygen atoms in total. The molecule has 1 saturated carbocycles. The maximum absolute atomic E-state index is 12.6. The number of aliphatic imine (C=N–C) groups is 1. The van der Waals surface area contributed by atoms with Crippen molar-refractivity contribution in [2.24, 2.45) is 10.7 Å². The first kappa shape index (κ1) is 19.8. The summed E-state index contributed by atoms with van der Waals surface area (Å²) in [5, 5.41) is 3.54. The van der Waals surface area contributed by atoms with Gasteiger partial charge in [-0.25, -0.2) is 4.98 Å². The van der Waals surface area contributed by atoms with E-state index < -0.39 is 0 Å². The number of hydrogen-bond acceptors (Lipinski definition) is 5. The van der Waals surface area contributed by atoms with E-state index in [0.29, 0.717) is 10.7 Å². The summed E-state index contributed by atoms with van der Waals surface area (Å²) in [5.74, 6) is -0.172. The van der Waals surface area contributed by atoms with Crippen LogP contribution in [0.15, 0.2) is 71.2 Å². The second-order valence-corrected chi connectivity index (χ2v) is 9.09. The fraction of sp³-hybridized carbons (Fsp3) is 0.240. The smallest absolute Gasteiger partial charge is 0.258 e. The minimum absolute atomic E-state index is 0.172. The van der Waals surface area contributed by atoms with Crippen molar-refractivity contribution in [3.05, 3.63) is 71.8 Å². The molecule has 156 valence electrons. The number of rotatable bonds is 5. The van der Waals surface area contributed by atoms with Crippen LogP contribution >= 0.6 is 11.3 Å². The van der Waals surface area contributed by atoms with Gasteiger partial charge in [-0.2, -0.15) is 0 Å². The first-order chi connectivity index (χ1) is 15.1. The van der Waals surface area contributed by atoms with Gasteiger partial charge in [-0.1, -0.05) is 72.0 Å². The first-order valence-corrected chi connectivity index (χ1v) is 11.4. The average molecular weight is 429 g/mol. The van der Waals surface area contributed by atoms with Crippen molar-refractivity contribution in [3.8, 4) is 21.7 Å².